The van der Waals surface area contributed by atoms with E-state index in [0.29, 0.717) is 12.0 Å². The first kappa shape index (κ1) is 25.8. The number of alkyl halides is 3. The Bertz CT molecular complexity index is 1150. The molecule has 0 radical (unpaired) electrons. The molecule has 3 aromatic rings. The Hall–Kier alpha value is -3.85. The highest BCUT2D eigenvalue weighted by molar-refractivity contribution is 5.97. The summed E-state index contributed by atoms with van der Waals surface area (Å²) in [7, 11) is 1.45. The fraction of sp³-hybridized carbons (Fsp3) is 0.231. The summed E-state index contributed by atoms with van der Waals surface area (Å²) >= 11 is 0. The number of rotatable bonds is 10. The third-order valence-electron chi connectivity index (χ3n) is 4.94. The lowest BCUT2D eigenvalue weighted by molar-refractivity contribution is -0.137. The van der Waals surface area contributed by atoms with E-state index in [1.54, 1.807) is 24.3 Å². The predicted molar refractivity (Wildman–Crippen MR) is 123 cm³/mol. The molecule has 1 N–H and O–H groups in total. The molecule has 0 spiro atoms. The van der Waals surface area contributed by atoms with Crippen LogP contribution in [0.1, 0.15) is 27.0 Å². The van der Waals surface area contributed by atoms with Crippen molar-refractivity contribution in [3.8, 4) is 5.75 Å². The van der Waals surface area contributed by atoms with Gasteiger partial charge in [0.05, 0.1) is 23.4 Å². The topological polar surface area (TPSA) is 73.9 Å². The maximum Gasteiger partial charge on any atom is 0.416 e. The van der Waals surface area contributed by atoms with Gasteiger partial charge in [0, 0.05) is 7.11 Å². The van der Waals surface area contributed by atoms with Crippen LogP contribution in [0, 0.1) is 0 Å². The Morgan fingerprint density at radius 3 is 2.34 bits per heavy atom. The number of amides is 1. The van der Waals surface area contributed by atoms with Crippen LogP contribution in [0.4, 0.5) is 18.9 Å². The number of carbonyl (C=O) groups excluding carboxylic acids is 2. The monoisotopic (exact) mass is 487 g/mol. The Balaban J connectivity index is 1.68. The van der Waals surface area contributed by atoms with Gasteiger partial charge >= 0.3 is 12.1 Å². The molecule has 0 saturated heterocycles. The lowest BCUT2D eigenvalue weighted by Gasteiger charge is -2.15. The molecule has 1 amide bonds. The van der Waals surface area contributed by atoms with Gasteiger partial charge in [-0.15, -0.1) is 0 Å². The van der Waals surface area contributed by atoms with Crippen LogP contribution in [0.15, 0.2) is 72.8 Å². The van der Waals surface area contributed by atoms with E-state index in [0.717, 1.165) is 29.3 Å². The quantitative estimate of drug-likeness (QED) is 0.318. The van der Waals surface area contributed by atoms with E-state index in [-0.39, 0.29) is 24.7 Å². The first-order chi connectivity index (χ1) is 16.8. The van der Waals surface area contributed by atoms with E-state index in [1.807, 2.05) is 30.3 Å². The maximum absolute atomic E-state index is 13.1. The SMILES string of the molecule is COCCOc1ccc(C(F)(F)F)cc1NC(=O)COC(=O)c1ccccc1Cc1ccccc1. The van der Waals surface area contributed by atoms with Gasteiger partial charge in [0.15, 0.2) is 6.61 Å². The molecule has 9 heteroatoms. The molecule has 6 nitrogen and oxygen atoms in total. The molecule has 3 rings (SSSR count). The summed E-state index contributed by atoms with van der Waals surface area (Å²) < 4.78 is 54.8. The predicted octanol–water partition coefficient (Wildman–Crippen LogP) is 5.12. The number of halogens is 3. The largest absolute Gasteiger partial charge is 0.489 e. The number of esters is 1. The molecule has 0 unspecified atom stereocenters. The minimum absolute atomic E-state index is 0.0305. The van der Waals surface area contributed by atoms with E-state index in [4.69, 9.17) is 14.2 Å². The number of anilines is 1. The van der Waals surface area contributed by atoms with E-state index >= 15 is 0 Å². The lowest BCUT2D eigenvalue weighted by atomic mass is 10.00. The second-order valence-corrected chi connectivity index (χ2v) is 7.49. The van der Waals surface area contributed by atoms with Crippen molar-refractivity contribution in [1.29, 1.82) is 0 Å². The highest BCUT2D eigenvalue weighted by atomic mass is 19.4. The Labute approximate surface area is 200 Å². The van der Waals surface area contributed by atoms with Crippen molar-refractivity contribution in [2.24, 2.45) is 0 Å². The number of benzene rings is 3. The summed E-state index contributed by atoms with van der Waals surface area (Å²) in [5.41, 5.74) is 0.860. The molecule has 0 heterocycles. The van der Waals surface area contributed by atoms with E-state index in [1.165, 1.54) is 7.11 Å². The number of carbonyl (C=O) groups is 2. The molecule has 0 saturated carbocycles. The van der Waals surface area contributed by atoms with Crippen LogP contribution in [0.25, 0.3) is 0 Å². The van der Waals surface area contributed by atoms with Gasteiger partial charge in [0.1, 0.15) is 12.4 Å². The average Bonchev–Trinajstić information content (AvgIpc) is 2.84. The maximum atomic E-state index is 13.1. The van der Waals surface area contributed by atoms with Gasteiger partial charge in [0.25, 0.3) is 5.91 Å². The van der Waals surface area contributed by atoms with Crippen LogP contribution in [0.3, 0.4) is 0 Å². The number of nitrogens with one attached hydrogen (secondary N) is 1. The zero-order chi connectivity index (χ0) is 25.3. The Kier molecular flexibility index (Phi) is 8.86. The van der Waals surface area contributed by atoms with Gasteiger partial charge in [0.2, 0.25) is 0 Å². The minimum atomic E-state index is -4.61. The van der Waals surface area contributed by atoms with Crippen molar-refractivity contribution in [1.82, 2.24) is 0 Å². The highest BCUT2D eigenvalue weighted by Gasteiger charge is 2.31. The molecule has 35 heavy (non-hydrogen) atoms. The molecule has 0 aliphatic rings. The molecule has 0 aromatic heterocycles. The fourth-order valence-corrected chi connectivity index (χ4v) is 3.25. The van der Waals surface area contributed by atoms with Crippen molar-refractivity contribution in [3.05, 3.63) is 95.1 Å². The molecule has 0 fully saturated rings. The first-order valence-corrected chi connectivity index (χ1v) is 10.7. The third kappa shape index (κ3) is 7.58. The zero-order valence-electron chi connectivity index (χ0n) is 18.9. The van der Waals surface area contributed by atoms with Crippen molar-refractivity contribution >= 4 is 17.6 Å². The number of hydrogen-bond acceptors (Lipinski definition) is 5. The Morgan fingerprint density at radius 1 is 0.914 bits per heavy atom. The first-order valence-electron chi connectivity index (χ1n) is 10.7. The van der Waals surface area contributed by atoms with Gasteiger partial charge < -0.3 is 19.5 Å². The fourth-order valence-electron chi connectivity index (χ4n) is 3.25. The van der Waals surface area contributed by atoms with Crippen molar-refractivity contribution in [2.75, 3.05) is 32.2 Å². The molecule has 0 aliphatic carbocycles. The molecule has 0 bridgehead atoms. The van der Waals surface area contributed by atoms with E-state index < -0.39 is 30.2 Å². The van der Waals surface area contributed by atoms with Crippen LogP contribution < -0.4 is 10.1 Å². The number of ether oxygens (including phenoxy) is 3. The summed E-state index contributed by atoms with van der Waals surface area (Å²) in [6.45, 7) is -0.418. The molecule has 0 aliphatic heterocycles. The normalized spacial score (nSPS) is 11.1. The highest BCUT2D eigenvalue weighted by Crippen LogP contribution is 2.35. The molecule has 3 aromatic carbocycles. The lowest BCUT2D eigenvalue weighted by Crippen LogP contribution is -2.22. The second-order valence-electron chi connectivity index (χ2n) is 7.49. The van der Waals surface area contributed by atoms with Gasteiger partial charge in [-0.25, -0.2) is 4.79 Å². The summed E-state index contributed by atoms with van der Waals surface area (Å²) in [5.74, 6) is -1.50. The second kappa shape index (κ2) is 12.0. The standard InChI is InChI=1S/C26H24F3NO5/c1-33-13-14-34-23-12-11-20(26(27,28)29)16-22(23)30-24(31)17-35-25(32)21-10-6-5-9-19(21)15-18-7-3-2-4-8-18/h2-12,16H,13-15,17H2,1H3,(H,30,31). The summed E-state index contributed by atoms with van der Waals surface area (Å²) in [6.07, 6.45) is -4.12. The summed E-state index contributed by atoms with van der Waals surface area (Å²) in [6, 6.07) is 19.1. The van der Waals surface area contributed by atoms with Crippen molar-refractivity contribution in [2.45, 2.75) is 12.6 Å². The minimum Gasteiger partial charge on any atom is -0.489 e. The van der Waals surface area contributed by atoms with Gasteiger partial charge in [-0.2, -0.15) is 13.2 Å². The average molecular weight is 487 g/mol. The van der Waals surface area contributed by atoms with Crippen LogP contribution in [0.2, 0.25) is 0 Å². The van der Waals surface area contributed by atoms with Gasteiger partial charge in [-0.05, 0) is 41.8 Å². The molecule has 184 valence electrons. The third-order valence-corrected chi connectivity index (χ3v) is 4.94. The van der Waals surface area contributed by atoms with Crippen LogP contribution in [0.5, 0.6) is 5.75 Å². The van der Waals surface area contributed by atoms with Crippen LogP contribution >= 0.6 is 0 Å². The summed E-state index contributed by atoms with van der Waals surface area (Å²) in [4.78, 5) is 25.1. The van der Waals surface area contributed by atoms with E-state index in [2.05, 4.69) is 5.32 Å². The van der Waals surface area contributed by atoms with Crippen molar-refractivity contribution in [3.63, 3.8) is 0 Å². The van der Waals surface area contributed by atoms with Gasteiger partial charge in [-0.3, -0.25) is 4.79 Å². The smallest absolute Gasteiger partial charge is 0.416 e. The molecular formula is C26H24F3NO5. The van der Waals surface area contributed by atoms with Crippen molar-refractivity contribution < 1.29 is 37.0 Å². The van der Waals surface area contributed by atoms with Gasteiger partial charge in [-0.1, -0.05) is 48.5 Å². The van der Waals surface area contributed by atoms with Crippen LogP contribution in [-0.2, 0) is 26.9 Å². The van der Waals surface area contributed by atoms with Crippen LogP contribution in [-0.4, -0.2) is 38.8 Å². The molecular weight excluding hydrogens is 463 g/mol. The Morgan fingerprint density at radius 2 is 1.63 bits per heavy atom. The van der Waals surface area contributed by atoms with E-state index in [9.17, 15) is 22.8 Å². The molecule has 0 atom stereocenters. The number of hydrogen-bond donors (Lipinski definition) is 1. The summed E-state index contributed by atoms with van der Waals surface area (Å²) in [5, 5.41) is 2.33. The zero-order valence-corrected chi connectivity index (χ0v) is 18.9. The number of methoxy groups -OCH3 is 1.